The van der Waals surface area contributed by atoms with Gasteiger partial charge in [-0.05, 0) is 18.1 Å². The molecule has 0 bridgehead atoms. The summed E-state index contributed by atoms with van der Waals surface area (Å²) in [5.74, 6) is 0.441. The predicted octanol–water partition coefficient (Wildman–Crippen LogP) is 0.700. The molecule has 0 saturated heterocycles. The molecule has 1 aliphatic rings. The molecule has 14 heavy (non-hydrogen) atoms. The second-order valence-electron chi connectivity index (χ2n) is 3.30. The summed E-state index contributed by atoms with van der Waals surface area (Å²) in [6.45, 7) is 0.879. The first kappa shape index (κ1) is 8.80. The van der Waals surface area contributed by atoms with Crippen LogP contribution in [0.3, 0.4) is 0 Å². The Morgan fingerprint density at radius 2 is 2.36 bits per heavy atom. The van der Waals surface area contributed by atoms with Crippen LogP contribution in [0.4, 0.5) is 10.6 Å². The maximum Gasteiger partial charge on any atom is 0.407 e. The molecule has 0 spiro atoms. The molecule has 0 saturated carbocycles. The van der Waals surface area contributed by atoms with E-state index in [-0.39, 0.29) is 0 Å². The first-order valence-corrected chi connectivity index (χ1v) is 4.39. The van der Waals surface area contributed by atoms with Gasteiger partial charge in [-0.25, -0.2) is 9.78 Å². The Labute approximate surface area is 81.2 Å². The summed E-state index contributed by atoms with van der Waals surface area (Å²) in [5, 5.41) is 8.80. The van der Waals surface area contributed by atoms with E-state index in [1.165, 1.54) is 4.90 Å². The molecule has 0 aromatic carbocycles. The third kappa shape index (κ3) is 1.48. The minimum Gasteiger partial charge on any atom is -0.465 e. The topological polar surface area (TPSA) is 79.5 Å². The summed E-state index contributed by atoms with van der Waals surface area (Å²) in [6.07, 6.45) is -0.186. The molecule has 5 nitrogen and oxygen atoms in total. The van der Waals surface area contributed by atoms with Crippen LogP contribution in [0, 0.1) is 0 Å². The molecule has 0 aliphatic carbocycles. The first-order valence-electron chi connectivity index (χ1n) is 4.39. The predicted molar refractivity (Wildman–Crippen MR) is 50.8 cm³/mol. The van der Waals surface area contributed by atoms with Crippen molar-refractivity contribution in [2.75, 3.05) is 12.3 Å². The van der Waals surface area contributed by atoms with E-state index in [4.69, 9.17) is 10.8 Å². The van der Waals surface area contributed by atoms with E-state index >= 15 is 0 Å². The number of anilines is 1. The fourth-order valence-corrected chi connectivity index (χ4v) is 1.59. The van der Waals surface area contributed by atoms with Crippen molar-refractivity contribution in [3.63, 3.8) is 0 Å². The number of hydrogen-bond donors (Lipinski definition) is 2. The summed E-state index contributed by atoms with van der Waals surface area (Å²) in [6, 6.07) is 3.66. The van der Waals surface area contributed by atoms with Gasteiger partial charge in [-0.15, -0.1) is 0 Å². The lowest BCUT2D eigenvalue weighted by molar-refractivity contribution is 0.139. The number of carboxylic acid groups (broad SMARTS) is 1. The Morgan fingerprint density at radius 3 is 3.07 bits per heavy atom. The number of nitrogens with two attached hydrogens (primary N) is 1. The third-order valence-corrected chi connectivity index (χ3v) is 2.35. The average molecular weight is 193 g/mol. The Balaban J connectivity index is 2.29. The largest absolute Gasteiger partial charge is 0.465 e. The molecule has 0 radical (unpaired) electrons. The van der Waals surface area contributed by atoms with E-state index in [9.17, 15) is 4.79 Å². The van der Waals surface area contributed by atoms with Crippen LogP contribution in [0.2, 0.25) is 0 Å². The zero-order valence-electron chi connectivity index (χ0n) is 7.60. The molecule has 1 aliphatic heterocycles. The second-order valence-corrected chi connectivity index (χ2v) is 3.30. The number of carbonyl (C=O) groups is 1. The van der Waals surface area contributed by atoms with Gasteiger partial charge in [0.05, 0.1) is 12.2 Å². The van der Waals surface area contributed by atoms with Crippen LogP contribution in [-0.2, 0) is 13.0 Å². The minimum atomic E-state index is -0.903. The van der Waals surface area contributed by atoms with Crippen molar-refractivity contribution in [1.29, 1.82) is 0 Å². The zero-order chi connectivity index (χ0) is 10.1. The smallest absolute Gasteiger partial charge is 0.407 e. The van der Waals surface area contributed by atoms with Crippen molar-refractivity contribution in [3.05, 3.63) is 23.4 Å². The van der Waals surface area contributed by atoms with E-state index in [2.05, 4.69) is 4.98 Å². The maximum atomic E-state index is 10.7. The highest BCUT2D eigenvalue weighted by Gasteiger charge is 2.20. The van der Waals surface area contributed by atoms with Gasteiger partial charge in [-0.1, -0.05) is 6.07 Å². The van der Waals surface area contributed by atoms with E-state index in [1.54, 1.807) is 6.07 Å². The molecule has 2 heterocycles. The molecule has 1 aromatic heterocycles. The molecule has 0 fully saturated rings. The summed E-state index contributed by atoms with van der Waals surface area (Å²) in [7, 11) is 0. The Hall–Kier alpha value is -1.78. The summed E-state index contributed by atoms with van der Waals surface area (Å²) >= 11 is 0. The molecular weight excluding hydrogens is 182 g/mol. The van der Waals surface area contributed by atoms with Gasteiger partial charge in [0.2, 0.25) is 0 Å². The molecule has 1 aromatic rings. The average Bonchev–Trinajstić information content (AvgIpc) is 2.16. The van der Waals surface area contributed by atoms with Crippen molar-refractivity contribution in [2.24, 2.45) is 0 Å². The number of fused-ring (bicyclic) bond motifs is 1. The van der Waals surface area contributed by atoms with Crippen LogP contribution in [0.5, 0.6) is 0 Å². The molecule has 3 N–H and O–H groups in total. The number of rotatable bonds is 0. The van der Waals surface area contributed by atoms with Crippen LogP contribution >= 0.6 is 0 Å². The summed E-state index contributed by atoms with van der Waals surface area (Å²) in [4.78, 5) is 16.2. The number of nitrogens with zero attached hydrogens (tertiary/aromatic N) is 2. The normalized spacial score (nSPS) is 15.0. The fourth-order valence-electron chi connectivity index (χ4n) is 1.59. The maximum absolute atomic E-state index is 10.7. The van der Waals surface area contributed by atoms with Crippen molar-refractivity contribution in [3.8, 4) is 0 Å². The quantitative estimate of drug-likeness (QED) is 0.635. The molecule has 0 unspecified atom stereocenters. The van der Waals surface area contributed by atoms with Crippen molar-refractivity contribution in [1.82, 2.24) is 9.88 Å². The lowest BCUT2D eigenvalue weighted by Crippen LogP contribution is -2.35. The number of nitrogen functional groups attached to an aromatic ring is 1. The molecular formula is C9H11N3O2. The van der Waals surface area contributed by atoms with Crippen molar-refractivity contribution < 1.29 is 9.90 Å². The molecule has 5 heteroatoms. The van der Waals surface area contributed by atoms with Crippen LogP contribution < -0.4 is 5.73 Å². The number of pyridine rings is 1. The van der Waals surface area contributed by atoms with Crippen molar-refractivity contribution in [2.45, 2.75) is 13.0 Å². The van der Waals surface area contributed by atoms with Crippen LogP contribution in [-0.4, -0.2) is 27.6 Å². The van der Waals surface area contributed by atoms with Gasteiger partial charge in [-0.2, -0.15) is 0 Å². The second kappa shape index (κ2) is 3.17. The van der Waals surface area contributed by atoms with E-state index in [1.807, 2.05) is 6.07 Å². The zero-order valence-corrected chi connectivity index (χ0v) is 7.60. The first-order chi connectivity index (χ1) is 6.66. The summed E-state index contributed by atoms with van der Waals surface area (Å²) in [5.41, 5.74) is 7.40. The Kier molecular flexibility index (Phi) is 1.99. The van der Waals surface area contributed by atoms with E-state index in [0.29, 0.717) is 18.9 Å². The van der Waals surface area contributed by atoms with Gasteiger partial charge in [-0.3, -0.25) is 0 Å². The Bertz CT molecular complexity index is 378. The summed E-state index contributed by atoms with van der Waals surface area (Å²) < 4.78 is 0. The molecule has 0 atom stereocenters. The minimum absolute atomic E-state index is 0.343. The SMILES string of the molecule is Nc1ccc2c(n1)CN(C(=O)O)CC2. The number of hydrogen-bond acceptors (Lipinski definition) is 3. The Morgan fingerprint density at radius 1 is 1.57 bits per heavy atom. The van der Waals surface area contributed by atoms with Crippen molar-refractivity contribution >= 4 is 11.9 Å². The van der Waals surface area contributed by atoms with Crippen LogP contribution in [0.1, 0.15) is 11.3 Å². The molecule has 1 amide bonds. The van der Waals surface area contributed by atoms with Gasteiger partial charge in [0.1, 0.15) is 5.82 Å². The number of amides is 1. The van der Waals surface area contributed by atoms with Crippen LogP contribution in [0.25, 0.3) is 0 Å². The van der Waals surface area contributed by atoms with Gasteiger partial charge < -0.3 is 15.7 Å². The monoisotopic (exact) mass is 193 g/mol. The lowest BCUT2D eigenvalue weighted by atomic mass is 10.1. The lowest BCUT2D eigenvalue weighted by Gasteiger charge is -2.25. The highest BCUT2D eigenvalue weighted by atomic mass is 16.4. The highest BCUT2D eigenvalue weighted by Crippen LogP contribution is 2.17. The molecule has 74 valence electrons. The third-order valence-electron chi connectivity index (χ3n) is 2.35. The molecule has 2 rings (SSSR count). The van der Waals surface area contributed by atoms with Crippen LogP contribution in [0.15, 0.2) is 12.1 Å². The van der Waals surface area contributed by atoms with E-state index in [0.717, 1.165) is 17.7 Å². The van der Waals surface area contributed by atoms with Gasteiger partial charge >= 0.3 is 6.09 Å². The van der Waals surface area contributed by atoms with Gasteiger partial charge in [0.25, 0.3) is 0 Å². The van der Waals surface area contributed by atoms with Gasteiger partial charge in [0, 0.05) is 6.54 Å². The fraction of sp³-hybridized carbons (Fsp3) is 0.333. The van der Waals surface area contributed by atoms with E-state index < -0.39 is 6.09 Å². The standard InChI is InChI=1S/C9H11N3O2/c10-8-2-1-6-3-4-12(9(13)14)5-7(6)11-8/h1-2H,3-5H2,(H2,10,11)(H,13,14). The van der Waals surface area contributed by atoms with Gasteiger partial charge in [0.15, 0.2) is 0 Å². The number of aromatic nitrogens is 1. The highest BCUT2D eigenvalue weighted by molar-refractivity contribution is 5.65.